The summed E-state index contributed by atoms with van der Waals surface area (Å²) in [6, 6.07) is 8.96. The molecule has 0 saturated carbocycles. The van der Waals surface area contributed by atoms with Crippen LogP contribution in [0.25, 0.3) is 20.7 Å². The average Bonchev–Trinajstić information content (AvgIpc) is 3.41. The van der Waals surface area contributed by atoms with E-state index in [1.54, 1.807) is 43.5 Å². The van der Waals surface area contributed by atoms with Gasteiger partial charge in [-0.15, -0.1) is 22.7 Å². The number of anilines is 1. The number of hydrogen-bond donors (Lipinski definition) is 1. The molecule has 10 heteroatoms. The average molecular weight is 492 g/mol. The number of rotatable bonds is 6. The fourth-order valence-corrected chi connectivity index (χ4v) is 5.84. The van der Waals surface area contributed by atoms with E-state index in [9.17, 15) is 9.59 Å². The molecule has 0 bridgehead atoms. The lowest BCUT2D eigenvalue weighted by molar-refractivity contribution is -0.115. The quantitative estimate of drug-likeness (QED) is 0.284. The first-order chi connectivity index (χ1) is 14.9. The molecule has 0 fully saturated rings. The van der Waals surface area contributed by atoms with Crippen LogP contribution in [0.5, 0.6) is 5.75 Å². The minimum Gasteiger partial charge on any atom is -0.495 e. The fourth-order valence-electron chi connectivity index (χ4n) is 3.00. The molecule has 1 amide bonds. The van der Waals surface area contributed by atoms with E-state index in [2.05, 4.69) is 10.3 Å². The van der Waals surface area contributed by atoms with Crippen LogP contribution in [0, 0.1) is 0 Å². The first-order valence-electron chi connectivity index (χ1n) is 9.22. The van der Waals surface area contributed by atoms with E-state index in [0.29, 0.717) is 31.8 Å². The molecule has 3 aromatic heterocycles. The van der Waals surface area contributed by atoms with Crippen LogP contribution in [0.1, 0.15) is 6.92 Å². The zero-order chi connectivity index (χ0) is 22.1. The van der Waals surface area contributed by atoms with Gasteiger partial charge in [-0.1, -0.05) is 29.4 Å². The van der Waals surface area contributed by atoms with Gasteiger partial charge < -0.3 is 10.1 Å². The highest BCUT2D eigenvalue weighted by Gasteiger charge is 2.21. The first kappa shape index (κ1) is 21.9. The maximum absolute atomic E-state index is 13.1. The maximum Gasteiger partial charge on any atom is 0.263 e. The number of aromatic nitrogens is 2. The Morgan fingerprint density at radius 2 is 2.13 bits per heavy atom. The van der Waals surface area contributed by atoms with Crippen molar-refractivity contribution in [3.8, 4) is 16.2 Å². The largest absolute Gasteiger partial charge is 0.495 e. The van der Waals surface area contributed by atoms with Gasteiger partial charge in [-0.2, -0.15) is 0 Å². The number of thiophene rings is 2. The normalized spacial score (nSPS) is 12.1. The summed E-state index contributed by atoms with van der Waals surface area (Å²) in [7, 11) is 3.20. The number of benzene rings is 1. The van der Waals surface area contributed by atoms with Crippen LogP contribution in [0.15, 0.2) is 51.0 Å². The van der Waals surface area contributed by atoms with Crippen molar-refractivity contribution >= 4 is 67.8 Å². The van der Waals surface area contributed by atoms with Gasteiger partial charge in [0.2, 0.25) is 5.91 Å². The molecule has 3 heterocycles. The number of nitrogens with zero attached hydrogens (tertiary/aromatic N) is 2. The smallest absolute Gasteiger partial charge is 0.263 e. The highest BCUT2D eigenvalue weighted by atomic mass is 35.5. The van der Waals surface area contributed by atoms with Crippen LogP contribution in [-0.4, -0.2) is 27.8 Å². The van der Waals surface area contributed by atoms with E-state index in [4.69, 9.17) is 16.3 Å². The van der Waals surface area contributed by atoms with Crippen LogP contribution in [0.3, 0.4) is 0 Å². The van der Waals surface area contributed by atoms with Gasteiger partial charge in [-0.25, -0.2) is 4.98 Å². The van der Waals surface area contributed by atoms with Crippen molar-refractivity contribution < 1.29 is 9.53 Å². The number of halogens is 1. The molecular formula is C21H18ClN3O3S3. The summed E-state index contributed by atoms with van der Waals surface area (Å²) >= 11 is 10.3. The Bertz CT molecular complexity index is 1310. The predicted octanol–water partition coefficient (Wildman–Crippen LogP) is 5.50. The second-order valence-corrected chi connectivity index (χ2v) is 10.2. The second-order valence-electron chi connectivity index (χ2n) is 6.66. The van der Waals surface area contributed by atoms with Gasteiger partial charge in [-0.05, 0) is 36.6 Å². The SMILES string of the molecule is COc1ccc(Cl)cc1NC(=O)C(C)Sc1nc2scc(-c3cccs3)c2c(=O)n1C. The zero-order valence-corrected chi connectivity index (χ0v) is 20.0. The summed E-state index contributed by atoms with van der Waals surface area (Å²) in [5, 5.41) is 7.86. The van der Waals surface area contributed by atoms with E-state index in [-0.39, 0.29) is 11.5 Å². The van der Waals surface area contributed by atoms with Crippen LogP contribution in [0.2, 0.25) is 5.02 Å². The summed E-state index contributed by atoms with van der Waals surface area (Å²) < 4.78 is 6.78. The van der Waals surface area contributed by atoms with Crippen molar-refractivity contribution in [1.29, 1.82) is 0 Å². The Labute approximate surface area is 195 Å². The standard InChI is InChI=1S/C21H18ClN3O3S3/c1-11(18(26)23-14-9-12(22)6-7-15(14)28-3)31-21-24-19-17(20(27)25(21)2)13(10-30-19)16-5-4-8-29-16/h4-11H,1-3H3,(H,23,26). The number of amides is 1. The van der Waals surface area contributed by atoms with Crippen molar-refractivity contribution in [2.45, 2.75) is 17.3 Å². The van der Waals surface area contributed by atoms with Gasteiger partial charge >= 0.3 is 0 Å². The lowest BCUT2D eigenvalue weighted by Gasteiger charge is -2.15. The highest BCUT2D eigenvalue weighted by molar-refractivity contribution is 8.00. The Kier molecular flexibility index (Phi) is 6.38. The molecule has 0 aliphatic carbocycles. The van der Waals surface area contributed by atoms with Gasteiger partial charge in [0.05, 0.1) is 23.4 Å². The first-order valence-corrected chi connectivity index (χ1v) is 12.2. The summed E-state index contributed by atoms with van der Waals surface area (Å²) in [6.45, 7) is 1.76. The monoisotopic (exact) mass is 491 g/mol. The fraction of sp³-hybridized carbons (Fsp3) is 0.190. The molecule has 4 rings (SSSR count). The van der Waals surface area contributed by atoms with Crippen molar-refractivity contribution in [3.63, 3.8) is 0 Å². The third kappa shape index (κ3) is 4.36. The zero-order valence-electron chi connectivity index (χ0n) is 16.8. The summed E-state index contributed by atoms with van der Waals surface area (Å²) in [5.41, 5.74) is 1.27. The third-order valence-electron chi connectivity index (χ3n) is 4.63. The Morgan fingerprint density at radius 1 is 1.32 bits per heavy atom. The molecule has 1 unspecified atom stereocenters. The number of hydrogen-bond acceptors (Lipinski definition) is 7. The summed E-state index contributed by atoms with van der Waals surface area (Å²) in [4.78, 5) is 32.2. The van der Waals surface area contributed by atoms with Crippen molar-refractivity contribution in [2.75, 3.05) is 12.4 Å². The molecule has 0 aliphatic heterocycles. The molecular weight excluding hydrogens is 474 g/mol. The number of nitrogens with one attached hydrogen (secondary N) is 1. The molecule has 4 aromatic rings. The van der Waals surface area contributed by atoms with E-state index >= 15 is 0 Å². The highest BCUT2D eigenvalue weighted by Crippen LogP contribution is 2.35. The number of methoxy groups -OCH3 is 1. The molecule has 0 saturated heterocycles. The van der Waals surface area contributed by atoms with Crippen LogP contribution in [-0.2, 0) is 11.8 Å². The third-order valence-corrected chi connectivity index (χ3v) is 7.79. The molecule has 0 radical (unpaired) electrons. The van der Waals surface area contributed by atoms with Gasteiger partial charge in [-0.3, -0.25) is 14.2 Å². The van der Waals surface area contributed by atoms with Gasteiger partial charge in [0.1, 0.15) is 10.6 Å². The Balaban J connectivity index is 1.60. The maximum atomic E-state index is 13.1. The molecule has 160 valence electrons. The number of fused-ring (bicyclic) bond motifs is 1. The lowest BCUT2D eigenvalue weighted by atomic mass is 10.2. The van der Waals surface area contributed by atoms with Gasteiger partial charge in [0, 0.05) is 27.9 Å². The topological polar surface area (TPSA) is 73.2 Å². The molecule has 6 nitrogen and oxygen atoms in total. The molecule has 0 spiro atoms. The van der Waals surface area contributed by atoms with Gasteiger partial charge in [0.25, 0.3) is 5.56 Å². The van der Waals surface area contributed by atoms with E-state index in [0.717, 1.165) is 10.4 Å². The van der Waals surface area contributed by atoms with Gasteiger partial charge in [0.15, 0.2) is 5.16 Å². The summed E-state index contributed by atoms with van der Waals surface area (Å²) in [6.07, 6.45) is 0. The van der Waals surface area contributed by atoms with Crippen molar-refractivity contribution in [1.82, 2.24) is 9.55 Å². The van der Waals surface area contributed by atoms with Crippen molar-refractivity contribution in [2.24, 2.45) is 7.05 Å². The van der Waals surface area contributed by atoms with Crippen molar-refractivity contribution in [3.05, 3.63) is 56.5 Å². The molecule has 1 atom stereocenters. The number of carbonyl (C=O) groups is 1. The van der Waals surface area contributed by atoms with Crippen LogP contribution in [0.4, 0.5) is 5.69 Å². The molecule has 31 heavy (non-hydrogen) atoms. The van der Waals surface area contributed by atoms with Crippen LogP contribution >= 0.6 is 46.0 Å². The Hall–Kier alpha value is -2.33. The van der Waals surface area contributed by atoms with E-state index < -0.39 is 5.25 Å². The predicted molar refractivity (Wildman–Crippen MR) is 130 cm³/mol. The lowest BCUT2D eigenvalue weighted by Crippen LogP contribution is -2.25. The minimum atomic E-state index is -0.504. The molecule has 0 aliphatic rings. The second kappa shape index (κ2) is 9.04. The molecule has 1 aromatic carbocycles. The number of thioether (sulfide) groups is 1. The molecule has 1 N–H and O–H groups in total. The van der Waals surface area contributed by atoms with E-state index in [1.165, 1.54) is 34.8 Å². The number of carbonyl (C=O) groups excluding carboxylic acids is 1. The number of ether oxygens (including phenoxy) is 1. The van der Waals surface area contributed by atoms with E-state index in [1.807, 2.05) is 22.9 Å². The summed E-state index contributed by atoms with van der Waals surface area (Å²) in [5.74, 6) is 0.270. The Morgan fingerprint density at radius 3 is 2.84 bits per heavy atom. The van der Waals surface area contributed by atoms with Crippen LogP contribution < -0.4 is 15.6 Å². The minimum absolute atomic E-state index is 0.124.